The first-order valence-electron chi connectivity index (χ1n) is 9.48. The lowest BCUT2D eigenvalue weighted by Crippen LogP contribution is -2.43. The zero-order valence-corrected chi connectivity index (χ0v) is 15.4. The van der Waals surface area contributed by atoms with E-state index in [4.69, 9.17) is 9.68 Å². The molecule has 0 saturated carbocycles. The maximum atomic E-state index is 12.6. The van der Waals surface area contributed by atoms with E-state index in [1.807, 2.05) is 4.90 Å². The Morgan fingerprint density at radius 3 is 3.00 bits per heavy atom. The Labute approximate surface area is 162 Å². The van der Waals surface area contributed by atoms with Crippen molar-refractivity contribution in [2.45, 2.75) is 31.3 Å². The van der Waals surface area contributed by atoms with Gasteiger partial charge in [-0.2, -0.15) is 5.26 Å². The summed E-state index contributed by atoms with van der Waals surface area (Å²) < 4.78 is 5.36. The summed E-state index contributed by atoms with van der Waals surface area (Å²) in [6.45, 7) is 2.19. The van der Waals surface area contributed by atoms with Gasteiger partial charge in [-0.15, -0.1) is 0 Å². The monoisotopic (exact) mass is 382 g/mol. The lowest BCUT2D eigenvalue weighted by molar-refractivity contribution is -0.132. The molecule has 146 valence electrons. The molecule has 2 amide bonds. The number of aromatic hydroxyl groups is 1. The Balaban J connectivity index is 1.35. The Bertz CT molecular complexity index is 947. The van der Waals surface area contributed by atoms with Gasteiger partial charge < -0.3 is 19.7 Å². The van der Waals surface area contributed by atoms with Gasteiger partial charge in [-0.25, -0.2) is 0 Å². The number of amides is 2. The van der Waals surface area contributed by atoms with Crippen molar-refractivity contribution in [2.24, 2.45) is 0 Å². The third-order valence-corrected chi connectivity index (χ3v) is 5.51. The molecule has 1 aromatic heterocycles. The maximum absolute atomic E-state index is 12.6. The second kappa shape index (κ2) is 7.52. The first-order valence-corrected chi connectivity index (χ1v) is 9.48. The number of hydrogen-bond acceptors (Lipinski definition) is 6. The van der Waals surface area contributed by atoms with E-state index >= 15 is 0 Å². The van der Waals surface area contributed by atoms with Crippen molar-refractivity contribution >= 4 is 22.8 Å². The van der Waals surface area contributed by atoms with E-state index in [1.165, 1.54) is 12.3 Å². The smallest absolute Gasteiger partial charge is 0.255 e. The molecule has 2 atom stereocenters. The van der Waals surface area contributed by atoms with Crippen molar-refractivity contribution in [3.63, 3.8) is 0 Å². The van der Waals surface area contributed by atoms with E-state index in [1.54, 1.807) is 17.0 Å². The van der Waals surface area contributed by atoms with Crippen molar-refractivity contribution in [2.75, 3.05) is 26.2 Å². The van der Waals surface area contributed by atoms with E-state index in [0.717, 1.165) is 19.3 Å². The van der Waals surface area contributed by atoms with Crippen LogP contribution >= 0.6 is 0 Å². The minimum Gasteiger partial charge on any atom is -0.507 e. The Kier molecular flexibility index (Phi) is 4.92. The van der Waals surface area contributed by atoms with E-state index < -0.39 is 0 Å². The quantitative estimate of drug-likeness (QED) is 0.828. The molecule has 4 rings (SSSR count). The summed E-state index contributed by atoms with van der Waals surface area (Å²) in [7, 11) is 0. The molecular formula is C20H22N4O4. The third kappa shape index (κ3) is 3.41. The number of rotatable bonds is 4. The molecule has 2 aromatic rings. The molecule has 1 unspecified atom stereocenters. The predicted molar refractivity (Wildman–Crippen MR) is 101 cm³/mol. The fraction of sp³-hybridized carbons (Fsp3) is 0.450. The summed E-state index contributed by atoms with van der Waals surface area (Å²) in [4.78, 5) is 28.8. The topological polar surface area (TPSA) is 110 Å². The lowest BCUT2D eigenvalue weighted by Gasteiger charge is -2.23. The Hall–Kier alpha value is -3.05. The number of carbonyl (C=O) groups excluding carboxylic acids is 2. The summed E-state index contributed by atoms with van der Waals surface area (Å²) in [5.41, 5.74) is 0.762. The van der Waals surface area contributed by atoms with Crippen LogP contribution in [0.25, 0.3) is 11.0 Å². The molecule has 2 fully saturated rings. The van der Waals surface area contributed by atoms with Crippen LogP contribution in [0.3, 0.4) is 0 Å². The third-order valence-electron chi connectivity index (χ3n) is 5.51. The SMILES string of the molecule is N#CC1CCCN1C(=O)CN1CC[C@H](NC(=O)c2coc3cccc(O)c23)C1. The highest BCUT2D eigenvalue weighted by atomic mass is 16.3. The van der Waals surface area contributed by atoms with Crippen LogP contribution in [0.15, 0.2) is 28.9 Å². The lowest BCUT2D eigenvalue weighted by atomic mass is 10.1. The number of hydrogen-bond donors (Lipinski definition) is 2. The molecule has 0 radical (unpaired) electrons. The van der Waals surface area contributed by atoms with Crippen molar-refractivity contribution in [3.8, 4) is 11.8 Å². The molecule has 3 heterocycles. The van der Waals surface area contributed by atoms with Crippen LogP contribution in [-0.2, 0) is 4.79 Å². The molecular weight excluding hydrogens is 360 g/mol. The average molecular weight is 382 g/mol. The fourth-order valence-corrected chi connectivity index (χ4v) is 4.08. The minimum absolute atomic E-state index is 0.00713. The van der Waals surface area contributed by atoms with Crippen LogP contribution in [-0.4, -0.2) is 65.0 Å². The molecule has 0 spiro atoms. The molecule has 28 heavy (non-hydrogen) atoms. The molecule has 0 aliphatic carbocycles. The number of nitriles is 1. The van der Waals surface area contributed by atoms with Gasteiger partial charge >= 0.3 is 0 Å². The van der Waals surface area contributed by atoms with E-state index in [9.17, 15) is 14.7 Å². The van der Waals surface area contributed by atoms with Gasteiger partial charge in [0.1, 0.15) is 23.6 Å². The van der Waals surface area contributed by atoms with Crippen molar-refractivity contribution in [1.29, 1.82) is 5.26 Å². The van der Waals surface area contributed by atoms with Crippen LogP contribution in [0.4, 0.5) is 0 Å². The van der Waals surface area contributed by atoms with Gasteiger partial charge in [0.25, 0.3) is 5.91 Å². The van der Waals surface area contributed by atoms with E-state index in [2.05, 4.69) is 11.4 Å². The van der Waals surface area contributed by atoms with Crippen LogP contribution in [0.2, 0.25) is 0 Å². The standard InChI is InChI=1S/C20H22N4O4/c21-9-14-3-2-7-24(14)18(26)11-23-8-6-13(10-23)22-20(27)15-12-28-17-5-1-4-16(25)19(15)17/h1,4-5,12-14,25H,2-3,6-8,10-11H2,(H,22,27)/t13-,14?/m0/s1. The number of likely N-dealkylation sites (tertiary alicyclic amines) is 2. The second-order valence-corrected chi connectivity index (χ2v) is 7.37. The van der Waals surface area contributed by atoms with Gasteiger partial charge in [0.2, 0.25) is 5.91 Å². The van der Waals surface area contributed by atoms with Crippen molar-refractivity contribution in [1.82, 2.24) is 15.1 Å². The van der Waals surface area contributed by atoms with Gasteiger partial charge in [-0.1, -0.05) is 6.07 Å². The summed E-state index contributed by atoms with van der Waals surface area (Å²) in [6, 6.07) is 6.67. The normalized spacial score (nSPS) is 22.5. The van der Waals surface area contributed by atoms with Gasteiger partial charge in [-0.3, -0.25) is 14.5 Å². The summed E-state index contributed by atoms with van der Waals surface area (Å²) in [6.07, 6.45) is 3.70. The molecule has 8 nitrogen and oxygen atoms in total. The van der Waals surface area contributed by atoms with Gasteiger partial charge in [0.15, 0.2) is 0 Å². The van der Waals surface area contributed by atoms with Crippen LogP contribution < -0.4 is 5.32 Å². The average Bonchev–Trinajstić information content (AvgIpc) is 3.41. The number of phenols is 1. The Morgan fingerprint density at radius 2 is 2.18 bits per heavy atom. The minimum atomic E-state index is -0.312. The Morgan fingerprint density at radius 1 is 1.32 bits per heavy atom. The summed E-state index contributed by atoms with van der Waals surface area (Å²) in [5, 5.41) is 22.5. The number of carbonyl (C=O) groups is 2. The van der Waals surface area contributed by atoms with Crippen LogP contribution in [0, 0.1) is 11.3 Å². The van der Waals surface area contributed by atoms with Crippen LogP contribution in [0.5, 0.6) is 5.75 Å². The molecule has 1 aromatic carbocycles. The number of nitrogens with one attached hydrogen (secondary N) is 1. The highest BCUT2D eigenvalue weighted by Crippen LogP contribution is 2.29. The van der Waals surface area contributed by atoms with Crippen molar-refractivity contribution in [3.05, 3.63) is 30.0 Å². The van der Waals surface area contributed by atoms with Gasteiger partial charge in [-0.05, 0) is 31.4 Å². The second-order valence-electron chi connectivity index (χ2n) is 7.37. The number of fused-ring (bicyclic) bond motifs is 1. The maximum Gasteiger partial charge on any atom is 0.255 e. The zero-order chi connectivity index (χ0) is 19.7. The fourth-order valence-electron chi connectivity index (χ4n) is 4.08. The number of phenolic OH excluding ortho intramolecular Hbond substituents is 1. The number of benzene rings is 1. The van der Waals surface area contributed by atoms with Crippen molar-refractivity contribution < 1.29 is 19.1 Å². The largest absolute Gasteiger partial charge is 0.507 e. The van der Waals surface area contributed by atoms with E-state index in [-0.39, 0.29) is 36.2 Å². The molecule has 8 heteroatoms. The first kappa shape index (κ1) is 18.3. The summed E-state index contributed by atoms with van der Waals surface area (Å²) >= 11 is 0. The molecule has 2 N–H and O–H groups in total. The molecule has 2 aliphatic rings. The number of furan rings is 1. The van der Waals surface area contributed by atoms with E-state index in [0.29, 0.717) is 36.2 Å². The van der Waals surface area contributed by atoms with Gasteiger partial charge in [0, 0.05) is 25.7 Å². The molecule has 0 bridgehead atoms. The first-order chi connectivity index (χ1) is 13.6. The summed E-state index contributed by atoms with van der Waals surface area (Å²) in [5.74, 6) is -0.322. The number of nitrogens with zero attached hydrogens (tertiary/aromatic N) is 3. The molecule has 2 aliphatic heterocycles. The highest BCUT2D eigenvalue weighted by molar-refractivity contribution is 6.08. The van der Waals surface area contributed by atoms with Gasteiger partial charge in [0.05, 0.1) is 23.6 Å². The molecule has 2 saturated heterocycles. The highest BCUT2D eigenvalue weighted by Gasteiger charge is 2.32. The van der Waals surface area contributed by atoms with Crippen LogP contribution in [0.1, 0.15) is 29.6 Å². The zero-order valence-electron chi connectivity index (χ0n) is 15.4. The predicted octanol–water partition coefficient (Wildman–Crippen LogP) is 1.46.